The van der Waals surface area contributed by atoms with E-state index in [0.29, 0.717) is 17.2 Å². The summed E-state index contributed by atoms with van der Waals surface area (Å²) in [5, 5.41) is 0. The van der Waals surface area contributed by atoms with Crippen molar-refractivity contribution >= 4 is 9.17 Å². The van der Waals surface area contributed by atoms with Crippen LogP contribution in [-0.4, -0.2) is 23.4 Å². The molecule has 0 spiro atoms. The summed E-state index contributed by atoms with van der Waals surface area (Å²) >= 11 is 0. The molecule has 24 heavy (non-hydrogen) atoms. The highest BCUT2D eigenvalue weighted by Crippen LogP contribution is 2.31. The zero-order chi connectivity index (χ0) is 17.5. The highest BCUT2D eigenvalue weighted by Gasteiger charge is 2.19. The molecule has 0 fully saturated rings. The second kappa shape index (κ2) is 8.49. The third kappa shape index (κ3) is 4.14. The van der Waals surface area contributed by atoms with Crippen LogP contribution in [0.15, 0.2) is 36.4 Å². The molecular formula is C18H22O5Si. The van der Waals surface area contributed by atoms with Crippen LogP contribution in [0.3, 0.4) is 0 Å². The maximum atomic E-state index is 12.2. The van der Waals surface area contributed by atoms with Gasteiger partial charge in [-0.05, 0) is 54.8 Å². The lowest BCUT2D eigenvalue weighted by atomic mass is 10.0. The van der Waals surface area contributed by atoms with Crippen LogP contribution in [0, 0.1) is 0 Å². The van der Waals surface area contributed by atoms with E-state index in [2.05, 4.69) is 6.92 Å². The molecule has 0 aliphatic rings. The normalized spacial score (nSPS) is 10.2. The molecule has 0 unspecified atom stereocenters. The summed E-state index contributed by atoms with van der Waals surface area (Å²) in [7, 11) is 0.508. The molecule has 0 radical (unpaired) electrons. The molecule has 2 aromatic carbocycles. The van der Waals surface area contributed by atoms with Crippen LogP contribution in [-0.2, 0) is 17.3 Å². The molecule has 0 N–H and O–H groups in total. The van der Waals surface area contributed by atoms with Crippen molar-refractivity contribution in [3.8, 4) is 23.0 Å². The van der Waals surface area contributed by atoms with Crippen LogP contribution < -0.4 is 18.3 Å². The minimum Gasteiger partial charge on any atom is -0.497 e. The van der Waals surface area contributed by atoms with Crippen LogP contribution in [0.1, 0.15) is 25.0 Å². The van der Waals surface area contributed by atoms with Gasteiger partial charge in [-0.1, -0.05) is 13.8 Å². The lowest BCUT2D eigenvalue weighted by Gasteiger charge is -2.16. The molecule has 0 saturated heterocycles. The van der Waals surface area contributed by atoms with Crippen molar-refractivity contribution in [2.24, 2.45) is 0 Å². The van der Waals surface area contributed by atoms with Crippen molar-refractivity contribution in [1.82, 2.24) is 0 Å². The third-order valence-electron chi connectivity index (χ3n) is 3.73. The van der Waals surface area contributed by atoms with Gasteiger partial charge in [0.05, 0.1) is 14.2 Å². The summed E-state index contributed by atoms with van der Waals surface area (Å²) in [5.74, 6) is 2.57. The van der Waals surface area contributed by atoms with E-state index >= 15 is 0 Å². The van der Waals surface area contributed by atoms with E-state index in [0.717, 1.165) is 29.7 Å². The van der Waals surface area contributed by atoms with E-state index in [1.54, 1.807) is 44.6 Å². The summed E-state index contributed by atoms with van der Waals surface area (Å²) in [6, 6.07) is 10.5. The minimum atomic E-state index is -2.72. The van der Waals surface area contributed by atoms with Gasteiger partial charge >= 0.3 is 9.17 Å². The first kappa shape index (κ1) is 18.0. The van der Waals surface area contributed by atoms with Crippen molar-refractivity contribution in [2.75, 3.05) is 14.2 Å². The molecule has 0 saturated carbocycles. The number of benzene rings is 2. The van der Waals surface area contributed by atoms with Gasteiger partial charge in [0.1, 0.15) is 23.0 Å². The van der Waals surface area contributed by atoms with E-state index in [1.165, 1.54) is 0 Å². The second-order valence-electron chi connectivity index (χ2n) is 5.06. The van der Waals surface area contributed by atoms with Gasteiger partial charge in [0.15, 0.2) is 0 Å². The summed E-state index contributed by atoms with van der Waals surface area (Å²) in [5.41, 5.74) is 2.06. The molecule has 2 rings (SSSR count). The average Bonchev–Trinajstić information content (AvgIpc) is 2.61. The molecule has 5 nitrogen and oxygen atoms in total. The van der Waals surface area contributed by atoms with Crippen LogP contribution >= 0.6 is 0 Å². The summed E-state index contributed by atoms with van der Waals surface area (Å²) in [4.78, 5) is 0. The fourth-order valence-electron chi connectivity index (χ4n) is 2.56. The second-order valence-corrected chi connectivity index (χ2v) is 5.97. The fraction of sp³-hybridized carbons (Fsp3) is 0.333. The fourth-order valence-corrected chi connectivity index (χ4v) is 3.30. The zero-order valence-electron chi connectivity index (χ0n) is 14.4. The van der Waals surface area contributed by atoms with Crippen molar-refractivity contribution in [2.45, 2.75) is 26.7 Å². The predicted octanol–water partition coefficient (Wildman–Crippen LogP) is 3.70. The van der Waals surface area contributed by atoms with E-state index in [4.69, 9.17) is 18.3 Å². The Morgan fingerprint density at radius 2 is 1.29 bits per heavy atom. The zero-order valence-corrected chi connectivity index (χ0v) is 15.4. The Kier molecular flexibility index (Phi) is 6.37. The first-order valence-corrected chi connectivity index (χ1v) is 9.07. The van der Waals surface area contributed by atoms with Gasteiger partial charge < -0.3 is 18.3 Å². The summed E-state index contributed by atoms with van der Waals surface area (Å²) in [6.07, 6.45) is 1.57. The molecule has 0 aliphatic carbocycles. The van der Waals surface area contributed by atoms with E-state index in [1.807, 2.05) is 13.0 Å². The number of hydrogen-bond acceptors (Lipinski definition) is 5. The topological polar surface area (TPSA) is 54.0 Å². The number of hydrogen-bond donors (Lipinski definition) is 0. The molecule has 0 aromatic heterocycles. The lowest BCUT2D eigenvalue weighted by Crippen LogP contribution is -2.20. The van der Waals surface area contributed by atoms with Crippen molar-refractivity contribution < 1.29 is 22.8 Å². The van der Waals surface area contributed by atoms with Gasteiger partial charge in [-0.25, -0.2) is 0 Å². The quantitative estimate of drug-likeness (QED) is 0.682. The minimum absolute atomic E-state index is 0.474. The molecular weight excluding hydrogens is 324 g/mol. The lowest BCUT2D eigenvalue weighted by molar-refractivity contribution is 0.343. The van der Waals surface area contributed by atoms with Gasteiger partial charge in [-0.15, -0.1) is 0 Å². The molecule has 0 bridgehead atoms. The van der Waals surface area contributed by atoms with Crippen molar-refractivity contribution in [1.29, 1.82) is 0 Å². The Labute approximate surface area is 144 Å². The van der Waals surface area contributed by atoms with Gasteiger partial charge in [0, 0.05) is 5.56 Å². The SMILES string of the molecule is CCc1c(OC)ccc(O[Si](=O)Oc2ccc(OC)cc2)c1CC. The molecule has 0 amide bonds. The van der Waals surface area contributed by atoms with Crippen LogP contribution in [0.4, 0.5) is 0 Å². The Balaban J connectivity index is 2.15. The Hall–Kier alpha value is -2.34. The molecule has 128 valence electrons. The Morgan fingerprint density at radius 1 is 0.750 bits per heavy atom. The number of ether oxygens (including phenoxy) is 2. The Bertz CT molecular complexity index is 697. The average molecular weight is 346 g/mol. The van der Waals surface area contributed by atoms with Crippen LogP contribution in [0.5, 0.6) is 23.0 Å². The summed E-state index contributed by atoms with van der Waals surface area (Å²) in [6.45, 7) is 4.08. The van der Waals surface area contributed by atoms with Crippen molar-refractivity contribution in [3.63, 3.8) is 0 Å². The van der Waals surface area contributed by atoms with E-state index in [9.17, 15) is 4.46 Å². The predicted molar refractivity (Wildman–Crippen MR) is 92.4 cm³/mol. The van der Waals surface area contributed by atoms with Crippen LogP contribution in [0.25, 0.3) is 0 Å². The molecule has 0 heterocycles. The van der Waals surface area contributed by atoms with Crippen LogP contribution in [0.2, 0.25) is 0 Å². The van der Waals surface area contributed by atoms with E-state index in [-0.39, 0.29) is 0 Å². The van der Waals surface area contributed by atoms with E-state index < -0.39 is 9.17 Å². The first-order valence-electron chi connectivity index (χ1n) is 7.85. The smallest absolute Gasteiger partial charge is 0.497 e. The summed E-state index contributed by atoms with van der Waals surface area (Å²) < 4.78 is 33.7. The maximum absolute atomic E-state index is 12.2. The number of rotatable bonds is 8. The van der Waals surface area contributed by atoms with Gasteiger partial charge in [0.2, 0.25) is 0 Å². The molecule has 0 aliphatic heterocycles. The molecule has 0 atom stereocenters. The van der Waals surface area contributed by atoms with Gasteiger partial charge in [0.25, 0.3) is 0 Å². The highest BCUT2D eigenvalue weighted by atomic mass is 28.3. The maximum Gasteiger partial charge on any atom is 0.778 e. The van der Waals surface area contributed by atoms with Gasteiger partial charge in [-0.2, -0.15) is 0 Å². The van der Waals surface area contributed by atoms with Crippen molar-refractivity contribution in [3.05, 3.63) is 47.5 Å². The number of methoxy groups -OCH3 is 2. The van der Waals surface area contributed by atoms with Gasteiger partial charge in [-0.3, -0.25) is 4.46 Å². The largest absolute Gasteiger partial charge is 0.778 e. The standard InChI is InChI=1S/C18H22O5Si/c1-5-15-16(6-2)18(12-11-17(15)21-4)23-24(19)22-14-9-7-13(20-3)8-10-14/h7-12H,5-6H2,1-4H3. The monoisotopic (exact) mass is 346 g/mol. The third-order valence-corrected chi connectivity index (χ3v) is 4.52. The first-order chi connectivity index (χ1) is 11.6. The highest BCUT2D eigenvalue weighted by molar-refractivity contribution is 6.28. The Morgan fingerprint density at radius 3 is 1.83 bits per heavy atom. The molecule has 6 heteroatoms. The molecule has 2 aromatic rings.